The maximum Gasteiger partial charge on any atom is 0.268 e. The molecular formula is C17H18N2O2S. The summed E-state index contributed by atoms with van der Waals surface area (Å²) in [5.41, 5.74) is 0.868. The van der Waals surface area contributed by atoms with Gasteiger partial charge in [0, 0.05) is 10.9 Å². The number of anilines is 1. The number of carbonyl (C=O) groups excluding carboxylic acids is 1. The van der Waals surface area contributed by atoms with Crippen molar-refractivity contribution in [2.75, 3.05) is 24.6 Å². The van der Waals surface area contributed by atoms with E-state index in [4.69, 9.17) is 4.74 Å². The van der Waals surface area contributed by atoms with Crippen LogP contribution in [0.1, 0.15) is 33.4 Å². The van der Waals surface area contributed by atoms with Crippen LogP contribution in [0.2, 0.25) is 0 Å². The van der Waals surface area contributed by atoms with Gasteiger partial charge in [0.25, 0.3) is 5.91 Å². The molecule has 0 saturated carbocycles. The topological polar surface area (TPSA) is 41.6 Å². The van der Waals surface area contributed by atoms with Gasteiger partial charge >= 0.3 is 0 Å². The third-order valence-corrected chi connectivity index (χ3v) is 5.40. The number of thiophene rings is 1. The van der Waals surface area contributed by atoms with Gasteiger partial charge in [0.15, 0.2) is 0 Å². The molecule has 1 fully saturated rings. The summed E-state index contributed by atoms with van der Waals surface area (Å²) in [4.78, 5) is 16.8. The van der Waals surface area contributed by atoms with Crippen LogP contribution >= 0.6 is 11.3 Å². The number of carbonyl (C=O) groups is 1. The number of hydrogen-bond donors (Lipinski definition) is 1. The van der Waals surface area contributed by atoms with E-state index in [0.29, 0.717) is 19.2 Å². The zero-order valence-corrected chi connectivity index (χ0v) is 13.1. The monoisotopic (exact) mass is 314 g/mol. The summed E-state index contributed by atoms with van der Waals surface area (Å²) in [6.07, 6.45) is 2.37. The normalized spacial score (nSPS) is 20.5. The number of nitrogens with zero attached hydrogens (tertiary/aromatic N) is 1. The quantitative estimate of drug-likeness (QED) is 0.925. The van der Waals surface area contributed by atoms with Gasteiger partial charge in [-0.15, -0.1) is 11.3 Å². The van der Waals surface area contributed by atoms with Crippen LogP contribution in [0.4, 0.5) is 5.69 Å². The van der Waals surface area contributed by atoms with E-state index in [1.54, 1.807) is 11.3 Å². The lowest BCUT2D eigenvalue weighted by Crippen LogP contribution is -2.37. The van der Waals surface area contributed by atoms with Gasteiger partial charge in [-0.1, -0.05) is 12.1 Å². The van der Waals surface area contributed by atoms with Crippen LogP contribution in [0.25, 0.3) is 0 Å². The third-order valence-electron chi connectivity index (χ3n) is 4.21. The number of benzene rings is 1. The van der Waals surface area contributed by atoms with E-state index >= 15 is 0 Å². The molecule has 114 valence electrons. The molecule has 0 radical (unpaired) electrons. The Balaban J connectivity index is 1.60. The fourth-order valence-corrected chi connectivity index (χ4v) is 4.16. The van der Waals surface area contributed by atoms with E-state index in [-0.39, 0.29) is 5.91 Å². The molecule has 1 saturated heterocycles. The Morgan fingerprint density at radius 3 is 3.05 bits per heavy atom. The van der Waals surface area contributed by atoms with Gasteiger partial charge in [-0.3, -0.25) is 4.79 Å². The van der Waals surface area contributed by atoms with E-state index in [1.807, 2.05) is 35.2 Å². The summed E-state index contributed by atoms with van der Waals surface area (Å²) in [5, 5.41) is 3.49. The zero-order valence-electron chi connectivity index (χ0n) is 12.2. The van der Waals surface area contributed by atoms with E-state index in [0.717, 1.165) is 29.3 Å². The Kier molecular flexibility index (Phi) is 3.60. The number of rotatable bonds is 2. The summed E-state index contributed by atoms with van der Waals surface area (Å²) in [5.74, 6) is 0.862. The van der Waals surface area contributed by atoms with E-state index in [1.165, 1.54) is 11.3 Å². The zero-order chi connectivity index (χ0) is 14.9. The standard InChI is InChI=1S/C17H18N2O2S/c20-17(16-8-7-15(22-16)12-4-3-9-18-12)19-10-11-21-14-6-2-1-5-13(14)19/h1-2,5-8,12,18H,3-4,9-11H2. The van der Waals surface area contributed by atoms with Crippen LogP contribution < -0.4 is 15.0 Å². The Bertz CT molecular complexity index is 691. The minimum Gasteiger partial charge on any atom is -0.490 e. The molecule has 0 spiro atoms. The molecule has 1 aromatic carbocycles. The van der Waals surface area contributed by atoms with E-state index < -0.39 is 0 Å². The van der Waals surface area contributed by atoms with Crippen LogP contribution in [0.15, 0.2) is 36.4 Å². The van der Waals surface area contributed by atoms with Crippen molar-refractivity contribution in [3.63, 3.8) is 0 Å². The summed E-state index contributed by atoms with van der Waals surface area (Å²) in [6.45, 7) is 2.22. The smallest absolute Gasteiger partial charge is 0.268 e. The van der Waals surface area contributed by atoms with Crippen molar-refractivity contribution < 1.29 is 9.53 Å². The van der Waals surface area contributed by atoms with Gasteiger partial charge in [0.2, 0.25) is 0 Å². The first-order chi connectivity index (χ1) is 10.8. The highest BCUT2D eigenvalue weighted by Crippen LogP contribution is 2.34. The number of nitrogens with one attached hydrogen (secondary N) is 1. The number of para-hydroxylation sites is 2. The highest BCUT2D eigenvalue weighted by molar-refractivity contribution is 7.14. The second-order valence-corrected chi connectivity index (χ2v) is 6.74. The maximum atomic E-state index is 12.9. The average molecular weight is 314 g/mol. The predicted octanol–water partition coefficient (Wildman–Crippen LogP) is 3.21. The molecule has 1 aromatic heterocycles. The SMILES string of the molecule is O=C(c1ccc(C2CCCN2)s1)N1CCOc2ccccc21. The van der Waals surface area contributed by atoms with Gasteiger partial charge in [0.05, 0.1) is 17.1 Å². The second-order valence-electron chi connectivity index (χ2n) is 5.62. The first-order valence-electron chi connectivity index (χ1n) is 7.70. The molecule has 4 rings (SSSR count). The highest BCUT2D eigenvalue weighted by Gasteiger charge is 2.26. The van der Waals surface area contributed by atoms with E-state index in [2.05, 4.69) is 11.4 Å². The van der Waals surface area contributed by atoms with Gasteiger partial charge in [-0.25, -0.2) is 0 Å². The first kappa shape index (κ1) is 13.8. The lowest BCUT2D eigenvalue weighted by Gasteiger charge is -2.29. The minimum absolute atomic E-state index is 0.0741. The summed E-state index contributed by atoms with van der Waals surface area (Å²) in [7, 11) is 0. The molecule has 2 aliphatic rings. The van der Waals surface area contributed by atoms with Crippen LogP contribution in [0, 0.1) is 0 Å². The lowest BCUT2D eigenvalue weighted by atomic mass is 10.2. The largest absolute Gasteiger partial charge is 0.490 e. The molecule has 22 heavy (non-hydrogen) atoms. The Hall–Kier alpha value is -1.85. The second kappa shape index (κ2) is 5.74. The van der Waals surface area contributed by atoms with Crippen molar-refractivity contribution in [2.45, 2.75) is 18.9 Å². The molecule has 1 unspecified atom stereocenters. The van der Waals surface area contributed by atoms with Crippen molar-refractivity contribution in [3.05, 3.63) is 46.2 Å². The van der Waals surface area contributed by atoms with Gasteiger partial charge in [-0.2, -0.15) is 0 Å². The minimum atomic E-state index is 0.0741. The average Bonchev–Trinajstić information content (AvgIpc) is 3.24. The van der Waals surface area contributed by atoms with Crippen LogP contribution in [-0.2, 0) is 0 Å². The number of hydrogen-bond acceptors (Lipinski definition) is 4. The Morgan fingerprint density at radius 1 is 1.27 bits per heavy atom. The molecule has 3 heterocycles. The van der Waals surface area contributed by atoms with Crippen LogP contribution in [0.3, 0.4) is 0 Å². The van der Waals surface area contributed by atoms with Crippen molar-refractivity contribution in [1.82, 2.24) is 5.32 Å². The molecule has 1 atom stereocenters. The first-order valence-corrected chi connectivity index (χ1v) is 8.51. The molecule has 0 aliphatic carbocycles. The van der Waals surface area contributed by atoms with Gasteiger partial charge in [0.1, 0.15) is 12.4 Å². The highest BCUT2D eigenvalue weighted by atomic mass is 32.1. The van der Waals surface area contributed by atoms with Crippen molar-refractivity contribution in [3.8, 4) is 5.75 Å². The summed E-state index contributed by atoms with van der Waals surface area (Å²) >= 11 is 1.61. The molecule has 1 N–H and O–H groups in total. The van der Waals surface area contributed by atoms with Crippen molar-refractivity contribution in [2.24, 2.45) is 0 Å². The summed E-state index contributed by atoms with van der Waals surface area (Å²) < 4.78 is 5.63. The summed E-state index contributed by atoms with van der Waals surface area (Å²) in [6, 6.07) is 12.2. The van der Waals surface area contributed by atoms with Gasteiger partial charge < -0.3 is 15.0 Å². The van der Waals surface area contributed by atoms with Crippen LogP contribution in [0.5, 0.6) is 5.75 Å². The number of ether oxygens (including phenoxy) is 1. The fourth-order valence-electron chi connectivity index (χ4n) is 3.10. The fraction of sp³-hybridized carbons (Fsp3) is 0.353. The molecule has 1 amide bonds. The molecule has 5 heteroatoms. The Morgan fingerprint density at radius 2 is 2.18 bits per heavy atom. The molecule has 4 nitrogen and oxygen atoms in total. The number of amides is 1. The molecule has 0 bridgehead atoms. The van der Waals surface area contributed by atoms with Crippen molar-refractivity contribution >= 4 is 22.9 Å². The predicted molar refractivity (Wildman–Crippen MR) is 87.9 cm³/mol. The molecule has 2 aliphatic heterocycles. The molecule has 2 aromatic rings. The van der Waals surface area contributed by atoms with Gasteiger partial charge in [-0.05, 0) is 43.7 Å². The van der Waals surface area contributed by atoms with Crippen LogP contribution in [-0.4, -0.2) is 25.6 Å². The van der Waals surface area contributed by atoms with Crippen molar-refractivity contribution in [1.29, 1.82) is 0 Å². The third kappa shape index (κ3) is 2.40. The molecular weight excluding hydrogens is 296 g/mol. The van der Waals surface area contributed by atoms with E-state index in [9.17, 15) is 4.79 Å². The lowest BCUT2D eigenvalue weighted by molar-refractivity contribution is 0.0980. The maximum absolute atomic E-state index is 12.9. The number of fused-ring (bicyclic) bond motifs is 1. The Labute approximate surface area is 133 Å².